The number of ether oxygens (including phenoxy) is 8. The van der Waals surface area contributed by atoms with Crippen LogP contribution in [0.3, 0.4) is 0 Å². The number of esters is 7. The van der Waals surface area contributed by atoms with Gasteiger partial charge in [-0.05, 0) is 230 Å². The fourth-order valence-corrected chi connectivity index (χ4v) is 34.0. The Bertz CT molecular complexity index is 4420. The molecule has 11 aliphatic heterocycles. The molecule has 0 spiro atoms. The van der Waals surface area contributed by atoms with E-state index in [0.29, 0.717) is 170 Å². The van der Waals surface area contributed by atoms with Gasteiger partial charge in [0.05, 0.1) is 140 Å². The van der Waals surface area contributed by atoms with E-state index >= 15 is 0 Å². The summed E-state index contributed by atoms with van der Waals surface area (Å²) in [4.78, 5) is 88.6. The summed E-state index contributed by atoms with van der Waals surface area (Å²) in [5.41, 5.74) is -0.914. The number of rotatable bonds is 6. The van der Waals surface area contributed by atoms with Gasteiger partial charge in [-0.15, -0.1) is 0 Å². The van der Waals surface area contributed by atoms with Crippen molar-refractivity contribution in [2.75, 3.05) is 70.8 Å². The summed E-state index contributed by atoms with van der Waals surface area (Å²) in [7, 11) is -11.5. The maximum atomic E-state index is 12.0. The van der Waals surface area contributed by atoms with Gasteiger partial charge in [0.1, 0.15) is 18.0 Å². The molecule has 14 bridgehead atoms. The lowest BCUT2D eigenvalue weighted by molar-refractivity contribution is -0.153. The number of hydrogen-bond acceptors (Lipinski definition) is 30. The number of fused-ring (bicyclic) bond motifs is 15. The Kier molecular flexibility index (Phi) is 32.5. The summed E-state index contributed by atoms with van der Waals surface area (Å²) in [6, 6.07) is 0. The molecule has 0 aromatic heterocycles. The number of methoxy groups -OCH3 is 1. The first kappa shape index (κ1) is 100. The van der Waals surface area contributed by atoms with Crippen molar-refractivity contribution in [3.05, 3.63) is 0 Å². The molecule has 11 heterocycles. The number of sulfone groups is 1. The number of cyclic esters (lactones) is 5. The summed E-state index contributed by atoms with van der Waals surface area (Å²) in [5, 5.41) is -0.384. The second-order valence-electron chi connectivity index (χ2n) is 42.0. The van der Waals surface area contributed by atoms with Crippen LogP contribution >= 0.6 is 0 Å². The van der Waals surface area contributed by atoms with Gasteiger partial charge >= 0.3 is 41.8 Å². The van der Waals surface area contributed by atoms with Crippen LogP contribution in [0.5, 0.6) is 0 Å². The maximum Gasteiger partial charge on any atom is 0.309 e. The van der Waals surface area contributed by atoms with Gasteiger partial charge in [-0.1, -0.05) is 88.5 Å². The molecule has 24 fully saturated rings. The largest absolute Gasteiger partial charge is 0.465 e. The molecule has 23 unspecified atom stereocenters. The highest BCUT2D eigenvalue weighted by molar-refractivity contribution is 7.91. The molecule has 33 atom stereocenters. The Hall–Kier alpha value is -4.49. The minimum absolute atomic E-state index is 0.0245. The van der Waals surface area contributed by atoms with Crippen molar-refractivity contribution in [1.29, 1.82) is 0 Å². The highest BCUT2D eigenvalue weighted by Crippen LogP contribution is 2.65. The van der Waals surface area contributed by atoms with Gasteiger partial charge in [-0.2, -0.15) is 33.7 Å². The minimum Gasteiger partial charge on any atom is -0.465 e. The third kappa shape index (κ3) is 22.4. The average Bonchev–Trinajstić information content (AvgIpc) is 1.58. The molecule has 0 aromatic carbocycles. The van der Waals surface area contributed by atoms with E-state index in [1.54, 1.807) is 14.0 Å². The molecule has 13 saturated carbocycles. The summed E-state index contributed by atoms with van der Waals surface area (Å²) < 4.78 is 170. The molecule has 30 nitrogen and oxygen atoms in total. The molecule has 11 saturated heterocycles. The van der Waals surface area contributed by atoms with E-state index < -0.39 is 55.7 Å². The first-order valence-electron chi connectivity index (χ1n) is 47.0. The normalized spacial score (nSPS) is 43.9. The standard InChI is InChI=1S/C11H18O4S.C11H16O3.C11H16O2.C10H14O2.C9H12O2.C8H12O3S.C7H14O3S.C5H10O2S.3C5H8O2.C4H8O3S/c1-10(2)8-4-5-11(10,9(12)6-8)7-16(13,14)15-3;1-5-6-3-7(10(5)13-2)9-8(6)4-14-11(9)12;1-6-8-2-7-3-9(5-8)11(12)13-10(6)4-7;1-5-2-6-3-7(5)9-8(6)4-12-10(9)11;1-4-5-2-6-7(3-5)9(10)11-8(4)6;1-4-5-2-6-7(3-5)12(9,10)11-8(4)6;1-10-11(8,9)7-5-3-2-4-6-7;1-5-2-3-8(6,7)4-5;1-4-2-5(6)7-3-4;1-4-2-3-7-5(4)6;1-4-2-3-5(6)7-4;1-4-2-3-8(5,6)7-4/h8H,4-7H2,1-3H3;5-10H,3-4H2,1-2H3;6-10H,2-5H2,1H3;5-9H,2-4H2,1H3;4-8H,2-3H2,1H3;4-8H,2-3H2,1H3;7H,2-6H2,1H3;5H,2-4H2,1H3;3*4H,2-3H2,1H3;4H,2-3H2,1H3/t;5-,6?,7?,8?,9?,10?;6-,7?,8?,9?,10?;5-,6?,7?,8?,9?;2*4-,5?,6?,7?,8?;;5-;4*4-/m.10111.11111/s1. The number of ketones is 1. The Labute approximate surface area is 748 Å². The molecule has 24 aliphatic rings. The van der Waals surface area contributed by atoms with Crippen molar-refractivity contribution < 1.29 is 135 Å². The number of Topliss-reactive ketones (excluding diaryl/α,β-unsaturated/α-hetero) is 1. The third-order valence-electron chi connectivity index (χ3n) is 33.8. The van der Waals surface area contributed by atoms with Gasteiger partial charge in [0.15, 0.2) is 9.84 Å². The van der Waals surface area contributed by atoms with Crippen LogP contribution in [-0.4, -0.2) is 208 Å². The van der Waals surface area contributed by atoms with Crippen molar-refractivity contribution in [3.8, 4) is 0 Å². The SMILES string of the molecule is COC1C2CC(C3COC(=O)C32)[C@H]1C.COS(=O)(=O)C1CCCCC1.COS(=O)(=O)CC12CCC(CC1=O)C2(C)C.C[C@@H]1C2CC3C(=O)OC1C3C2.C[C@@H]1C2CC3C1OS(=O)(=O)C3C2.C[C@@H]1CC2CC1C1C(=O)OCC21.C[C@@H]1CCC(=O)O1.C[C@@H]1CCOC1=O.C[C@@H]1CCS(=O)(=O)C1.C[C@@H]1CCS(=O)(=O)O1.C[C@H]1C2CC3CC(C2)C(=O)OC1C3.C[C@H]1COC(=O)C1. The van der Waals surface area contributed by atoms with E-state index in [-0.39, 0.29) is 123 Å². The van der Waals surface area contributed by atoms with E-state index in [1.165, 1.54) is 39.2 Å². The predicted octanol–water partition coefficient (Wildman–Crippen LogP) is 11.5. The molecular weight excluding hydrogens is 1730 g/mol. The third-order valence-corrected chi connectivity index (χ3v) is 42.0. The Morgan fingerprint density at radius 3 is 1.60 bits per heavy atom. The van der Waals surface area contributed by atoms with Gasteiger partial charge in [0, 0.05) is 49.5 Å². The lowest BCUT2D eigenvalue weighted by Gasteiger charge is -2.40. The van der Waals surface area contributed by atoms with Crippen LogP contribution in [0.25, 0.3) is 0 Å². The van der Waals surface area contributed by atoms with Crippen LogP contribution in [0, 0.1) is 159 Å². The second kappa shape index (κ2) is 40.8. The molecule has 718 valence electrons. The summed E-state index contributed by atoms with van der Waals surface area (Å²) in [5.74, 6) is 14.1. The topological polar surface area (TPSA) is 418 Å². The highest BCUT2D eigenvalue weighted by atomic mass is 32.2. The monoisotopic (exact) mass is 1880 g/mol. The summed E-state index contributed by atoms with van der Waals surface area (Å²) >= 11 is 0. The van der Waals surface area contributed by atoms with E-state index in [9.17, 15) is 80.4 Å². The second-order valence-corrected chi connectivity index (χ2v) is 51.4. The van der Waals surface area contributed by atoms with Crippen molar-refractivity contribution in [3.63, 3.8) is 0 Å². The summed E-state index contributed by atoms with van der Waals surface area (Å²) in [6.07, 6.45) is 25.2. The molecule has 0 radical (unpaired) electrons. The molecule has 0 amide bonds. The van der Waals surface area contributed by atoms with Crippen LogP contribution in [0.2, 0.25) is 0 Å². The van der Waals surface area contributed by atoms with Gasteiger partial charge in [-0.25, -0.2) is 8.42 Å². The van der Waals surface area contributed by atoms with Gasteiger partial charge in [0.25, 0.3) is 40.5 Å². The molecule has 13 aliphatic carbocycles. The molecular formula is C91H144O30S5. The zero-order chi connectivity index (χ0) is 92.0. The highest BCUT2D eigenvalue weighted by Gasteiger charge is 2.67. The van der Waals surface area contributed by atoms with Gasteiger partial charge < -0.3 is 37.9 Å². The van der Waals surface area contributed by atoms with E-state index in [1.807, 2.05) is 41.5 Å². The molecule has 126 heavy (non-hydrogen) atoms. The number of carbonyl (C=O) groups is 8. The average molecular weight is 1880 g/mol. The number of carbonyl (C=O) groups excluding carboxylic acids is 8. The van der Waals surface area contributed by atoms with Crippen LogP contribution in [0.15, 0.2) is 0 Å². The fraction of sp³-hybridized carbons (Fsp3) is 0.912. The van der Waals surface area contributed by atoms with Crippen molar-refractivity contribution in [2.24, 2.45) is 159 Å². The van der Waals surface area contributed by atoms with Crippen molar-refractivity contribution >= 4 is 97.9 Å². The van der Waals surface area contributed by atoms with E-state index in [4.69, 9.17) is 32.6 Å². The maximum absolute atomic E-state index is 12.0. The first-order chi connectivity index (χ1) is 59.1. The lowest BCUT2D eigenvalue weighted by atomic mass is 9.64. The molecule has 0 aromatic rings. The van der Waals surface area contributed by atoms with Crippen LogP contribution in [0.4, 0.5) is 0 Å². The van der Waals surface area contributed by atoms with E-state index in [0.717, 1.165) is 140 Å². The predicted molar refractivity (Wildman–Crippen MR) is 460 cm³/mol. The summed E-state index contributed by atoms with van der Waals surface area (Å²) in [6.45, 7) is 27.3. The minimum atomic E-state index is -3.57. The smallest absolute Gasteiger partial charge is 0.309 e. The lowest BCUT2D eigenvalue weighted by Crippen LogP contribution is -2.42. The fourth-order valence-electron chi connectivity index (χ4n) is 26.2. The molecule has 24 rings (SSSR count). The Balaban J connectivity index is 0.000000126. The van der Waals surface area contributed by atoms with Crippen LogP contribution in [-0.2, 0) is 143 Å². The van der Waals surface area contributed by atoms with Crippen molar-refractivity contribution in [1.82, 2.24) is 0 Å². The Morgan fingerprint density at radius 1 is 0.476 bits per heavy atom. The molecule has 0 N–H and O–H groups in total. The van der Waals surface area contributed by atoms with Crippen LogP contribution in [0.1, 0.15) is 244 Å². The first-order valence-corrected chi connectivity index (χ1v) is 55.0. The zero-order valence-electron chi connectivity index (χ0n) is 76.7. The zero-order valence-corrected chi connectivity index (χ0v) is 80.8. The Morgan fingerprint density at radius 2 is 1.13 bits per heavy atom. The number of hydrogen-bond donors (Lipinski definition) is 0. The van der Waals surface area contributed by atoms with Gasteiger partial charge in [0.2, 0.25) is 0 Å². The van der Waals surface area contributed by atoms with E-state index in [2.05, 4.69) is 56.6 Å². The van der Waals surface area contributed by atoms with Gasteiger partial charge in [-0.3, -0.25) is 55.1 Å². The quantitative estimate of drug-likeness (QED) is 0.135. The van der Waals surface area contributed by atoms with Crippen molar-refractivity contribution in [2.45, 2.75) is 291 Å². The molecule has 35 heteroatoms. The van der Waals surface area contributed by atoms with Crippen LogP contribution < -0.4 is 0 Å².